The summed E-state index contributed by atoms with van der Waals surface area (Å²) in [7, 11) is 0. The molecule has 0 radical (unpaired) electrons. The first-order chi connectivity index (χ1) is 12.0. The Labute approximate surface area is 155 Å². The van der Waals surface area contributed by atoms with Gasteiger partial charge in [0.25, 0.3) is 0 Å². The zero-order valence-electron chi connectivity index (χ0n) is 13.5. The molecule has 3 aromatic rings. The van der Waals surface area contributed by atoms with E-state index in [1.54, 1.807) is 43.5 Å². The molecule has 0 fully saturated rings. The summed E-state index contributed by atoms with van der Waals surface area (Å²) in [6.07, 6.45) is 1.93. The fraction of sp³-hybridized carbons (Fsp3) is 0.158. The van der Waals surface area contributed by atoms with Crippen LogP contribution >= 0.6 is 23.2 Å². The number of benzene rings is 2. The van der Waals surface area contributed by atoms with Crippen molar-refractivity contribution in [2.45, 2.75) is 19.4 Å². The zero-order chi connectivity index (χ0) is 18.0. The third-order valence-corrected chi connectivity index (χ3v) is 4.55. The molecule has 6 heteroatoms. The van der Waals surface area contributed by atoms with Gasteiger partial charge in [-0.15, -0.1) is 0 Å². The first-order valence-electron chi connectivity index (χ1n) is 7.82. The number of nitrogens with one attached hydrogen (secondary N) is 1. The molecule has 0 saturated carbocycles. The molecule has 0 aliphatic rings. The number of hydrogen-bond donors (Lipinski definition) is 2. The van der Waals surface area contributed by atoms with Gasteiger partial charge in [0.2, 0.25) is 5.91 Å². The van der Waals surface area contributed by atoms with E-state index < -0.39 is 6.04 Å². The molecule has 1 heterocycles. The first-order valence-corrected chi connectivity index (χ1v) is 8.57. The highest BCUT2D eigenvalue weighted by Crippen LogP contribution is 2.37. The lowest BCUT2D eigenvalue weighted by Crippen LogP contribution is -2.28. The lowest BCUT2D eigenvalue weighted by atomic mass is 9.96. The summed E-state index contributed by atoms with van der Waals surface area (Å²) in [5.41, 5.74) is 1.65. The van der Waals surface area contributed by atoms with Gasteiger partial charge in [-0.1, -0.05) is 54.4 Å². The third kappa shape index (κ3) is 3.55. The Kier molecular flexibility index (Phi) is 5.11. The van der Waals surface area contributed by atoms with Gasteiger partial charge in [0.05, 0.1) is 6.04 Å². The van der Waals surface area contributed by atoms with E-state index in [1.807, 2.05) is 12.1 Å². The first kappa shape index (κ1) is 17.5. The van der Waals surface area contributed by atoms with Gasteiger partial charge in [-0.2, -0.15) is 0 Å². The number of aromatic nitrogens is 1. The lowest BCUT2D eigenvalue weighted by molar-refractivity contribution is -0.121. The van der Waals surface area contributed by atoms with Crippen LogP contribution in [0, 0.1) is 0 Å². The van der Waals surface area contributed by atoms with Gasteiger partial charge >= 0.3 is 0 Å². The molecule has 1 atom stereocenters. The number of hydrogen-bond acceptors (Lipinski definition) is 3. The number of amides is 1. The van der Waals surface area contributed by atoms with Gasteiger partial charge in [-0.25, -0.2) is 0 Å². The highest BCUT2D eigenvalue weighted by molar-refractivity contribution is 6.35. The number of nitrogens with zero attached hydrogens (tertiary/aromatic N) is 1. The van der Waals surface area contributed by atoms with Crippen molar-refractivity contribution in [1.29, 1.82) is 0 Å². The monoisotopic (exact) mass is 374 g/mol. The summed E-state index contributed by atoms with van der Waals surface area (Å²) in [5, 5.41) is 15.4. The lowest BCUT2D eigenvalue weighted by Gasteiger charge is -2.22. The van der Waals surface area contributed by atoms with Crippen LogP contribution in [0.25, 0.3) is 10.9 Å². The highest BCUT2D eigenvalue weighted by Gasteiger charge is 2.23. The minimum atomic E-state index is -0.608. The van der Waals surface area contributed by atoms with Crippen LogP contribution in [0.4, 0.5) is 0 Å². The van der Waals surface area contributed by atoms with E-state index in [1.165, 1.54) is 0 Å². The molecule has 1 aromatic heterocycles. The summed E-state index contributed by atoms with van der Waals surface area (Å²) in [6, 6.07) is 11.7. The molecule has 0 bridgehead atoms. The maximum Gasteiger partial charge on any atom is 0.220 e. The van der Waals surface area contributed by atoms with Crippen molar-refractivity contribution in [3.05, 3.63) is 69.8 Å². The molecule has 2 N–H and O–H groups in total. The number of fused-ring (bicyclic) bond motifs is 1. The predicted molar refractivity (Wildman–Crippen MR) is 100 cm³/mol. The second-order valence-corrected chi connectivity index (χ2v) is 6.44. The van der Waals surface area contributed by atoms with Gasteiger partial charge in [0, 0.05) is 33.6 Å². The minimum Gasteiger partial charge on any atom is -0.505 e. The number of aromatic hydroxyl groups is 1. The summed E-state index contributed by atoms with van der Waals surface area (Å²) in [6.45, 7) is 1.76. The van der Waals surface area contributed by atoms with Crippen molar-refractivity contribution in [3.8, 4) is 5.75 Å². The molecule has 4 nitrogen and oxygen atoms in total. The largest absolute Gasteiger partial charge is 0.505 e. The molecule has 25 heavy (non-hydrogen) atoms. The molecule has 128 valence electrons. The summed E-state index contributed by atoms with van der Waals surface area (Å²) >= 11 is 12.3. The second kappa shape index (κ2) is 7.30. The van der Waals surface area contributed by atoms with Crippen LogP contribution in [0.3, 0.4) is 0 Å². The van der Waals surface area contributed by atoms with Gasteiger partial charge in [-0.05, 0) is 23.8 Å². The number of phenolic OH excluding ortho intramolecular Hbond substituents is 1. The Morgan fingerprint density at radius 1 is 1.20 bits per heavy atom. The SMILES string of the molecule is CCC(=O)N[C@H](c1ccc(Cl)cc1Cl)c1ccc2cccnc2c1O. The average Bonchev–Trinajstić information content (AvgIpc) is 2.61. The normalized spacial score (nSPS) is 12.1. The quantitative estimate of drug-likeness (QED) is 0.684. The minimum absolute atomic E-state index is 0.0190. The number of phenols is 1. The fourth-order valence-corrected chi connectivity index (χ4v) is 3.22. The van der Waals surface area contributed by atoms with Crippen molar-refractivity contribution in [2.75, 3.05) is 0 Å². The van der Waals surface area contributed by atoms with E-state index in [2.05, 4.69) is 10.3 Å². The Balaban J connectivity index is 2.17. The van der Waals surface area contributed by atoms with Crippen LogP contribution in [0.1, 0.15) is 30.5 Å². The van der Waals surface area contributed by atoms with Gasteiger partial charge in [0.15, 0.2) is 0 Å². The van der Waals surface area contributed by atoms with E-state index in [4.69, 9.17) is 23.2 Å². The number of halogens is 2. The van der Waals surface area contributed by atoms with E-state index in [0.29, 0.717) is 33.1 Å². The molecular weight excluding hydrogens is 359 g/mol. The number of rotatable bonds is 4. The fourth-order valence-electron chi connectivity index (χ4n) is 2.70. The van der Waals surface area contributed by atoms with Gasteiger partial charge in [-0.3, -0.25) is 9.78 Å². The van der Waals surface area contributed by atoms with E-state index in [9.17, 15) is 9.90 Å². The van der Waals surface area contributed by atoms with E-state index in [-0.39, 0.29) is 11.7 Å². The van der Waals surface area contributed by atoms with E-state index >= 15 is 0 Å². The Hall–Kier alpha value is -2.30. The smallest absolute Gasteiger partial charge is 0.220 e. The topological polar surface area (TPSA) is 62.2 Å². The summed E-state index contributed by atoms with van der Waals surface area (Å²) < 4.78 is 0. The average molecular weight is 375 g/mol. The number of carbonyl (C=O) groups is 1. The van der Waals surface area contributed by atoms with Crippen LogP contribution in [0.2, 0.25) is 10.0 Å². The highest BCUT2D eigenvalue weighted by atomic mass is 35.5. The maximum atomic E-state index is 12.0. The molecule has 2 aromatic carbocycles. The Bertz CT molecular complexity index is 944. The zero-order valence-corrected chi connectivity index (χ0v) is 15.0. The Morgan fingerprint density at radius 2 is 1.96 bits per heavy atom. The van der Waals surface area contributed by atoms with Crippen LogP contribution in [0.15, 0.2) is 48.7 Å². The standard InChI is InChI=1S/C19H16Cl2N2O2/c1-2-16(24)23-18(13-8-6-12(20)10-15(13)21)14-7-5-11-4-3-9-22-17(11)19(14)25/h3-10,18,25H,2H2,1H3,(H,23,24)/t18-/m1/s1. The third-order valence-electron chi connectivity index (χ3n) is 3.99. The van der Waals surface area contributed by atoms with Crippen LogP contribution in [0.5, 0.6) is 5.75 Å². The van der Waals surface area contributed by atoms with Crippen LogP contribution < -0.4 is 5.32 Å². The molecule has 0 aliphatic carbocycles. The van der Waals surface area contributed by atoms with Crippen molar-refractivity contribution >= 4 is 40.0 Å². The van der Waals surface area contributed by atoms with Crippen molar-refractivity contribution < 1.29 is 9.90 Å². The van der Waals surface area contributed by atoms with Crippen LogP contribution in [-0.4, -0.2) is 16.0 Å². The summed E-state index contributed by atoms with van der Waals surface area (Å²) in [4.78, 5) is 16.3. The maximum absolute atomic E-state index is 12.0. The number of pyridine rings is 1. The Morgan fingerprint density at radius 3 is 2.68 bits per heavy atom. The molecule has 0 aliphatic heterocycles. The molecule has 1 amide bonds. The van der Waals surface area contributed by atoms with Gasteiger partial charge < -0.3 is 10.4 Å². The second-order valence-electron chi connectivity index (χ2n) is 5.60. The summed E-state index contributed by atoms with van der Waals surface area (Å²) in [5.74, 6) is -0.137. The molecule has 3 rings (SSSR count). The number of carbonyl (C=O) groups excluding carboxylic acids is 1. The van der Waals surface area contributed by atoms with Crippen molar-refractivity contribution in [2.24, 2.45) is 0 Å². The van der Waals surface area contributed by atoms with Crippen LogP contribution in [-0.2, 0) is 4.79 Å². The van der Waals surface area contributed by atoms with Crippen molar-refractivity contribution in [1.82, 2.24) is 10.3 Å². The molecule has 0 unspecified atom stereocenters. The molecular formula is C19H16Cl2N2O2. The molecule has 0 spiro atoms. The van der Waals surface area contributed by atoms with E-state index in [0.717, 1.165) is 5.39 Å². The molecule has 0 saturated heterocycles. The van der Waals surface area contributed by atoms with Crippen molar-refractivity contribution in [3.63, 3.8) is 0 Å². The van der Waals surface area contributed by atoms with Gasteiger partial charge in [0.1, 0.15) is 11.3 Å². The predicted octanol–water partition coefficient (Wildman–Crippen LogP) is 4.86.